The van der Waals surface area contributed by atoms with E-state index in [1.807, 2.05) is 6.07 Å². The molecule has 1 aromatic heterocycles. The molecule has 166 valence electrons. The maximum Gasteiger partial charge on any atom is 0.326 e. The third-order valence-corrected chi connectivity index (χ3v) is 8.34. The Morgan fingerprint density at radius 1 is 1.10 bits per heavy atom. The minimum atomic E-state index is -0.668. The number of thiophene rings is 1. The average Bonchev–Trinajstić information content (AvgIpc) is 3.19. The quantitative estimate of drug-likeness (QED) is 0.701. The summed E-state index contributed by atoms with van der Waals surface area (Å²) in [5.74, 6) is 0.587. The van der Waals surface area contributed by atoms with E-state index >= 15 is 0 Å². The molecule has 30 heavy (non-hydrogen) atoms. The van der Waals surface area contributed by atoms with Crippen molar-refractivity contribution in [1.82, 2.24) is 20.0 Å². The lowest BCUT2D eigenvalue weighted by Crippen LogP contribution is -2.53. The fourth-order valence-electron chi connectivity index (χ4n) is 5.07. The first kappa shape index (κ1) is 22.1. The van der Waals surface area contributed by atoms with Crippen LogP contribution in [0.15, 0.2) is 12.1 Å². The molecule has 1 N–H and O–H groups in total. The van der Waals surface area contributed by atoms with Crippen molar-refractivity contribution in [2.45, 2.75) is 58.5 Å². The van der Waals surface area contributed by atoms with Gasteiger partial charge < -0.3 is 5.32 Å². The fraction of sp³-hybridized carbons (Fsp3) is 0.727. The molecule has 3 amide bonds. The normalized spacial score (nSPS) is 29.1. The number of rotatable bonds is 4. The van der Waals surface area contributed by atoms with Crippen LogP contribution in [0.25, 0.3) is 0 Å². The van der Waals surface area contributed by atoms with Crippen molar-refractivity contribution in [1.29, 1.82) is 0 Å². The molecule has 3 heterocycles. The van der Waals surface area contributed by atoms with Crippen molar-refractivity contribution in [3.05, 3.63) is 21.3 Å². The predicted molar refractivity (Wildman–Crippen MR) is 121 cm³/mol. The number of hydrogen-bond acceptors (Lipinski definition) is 5. The highest BCUT2D eigenvalue weighted by atomic mass is 35.5. The van der Waals surface area contributed by atoms with Crippen LogP contribution in [-0.2, 0) is 11.3 Å². The van der Waals surface area contributed by atoms with Gasteiger partial charge in [-0.2, -0.15) is 0 Å². The minimum Gasteiger partial charge on any atom is -0.323 e. The van der Waals surface area contributed by atoms with E-state index in [9.17, 15) is 9.59 Å². The van der Waals surface area contributed by atoms with Gasteiger partial charge in [-0.1, -0.05) is 32.4 Å². The Hall–Kier alpha value is -1.15. The van der Waals surface area contributed by atoms with Gasteiger partial charge in [-0.3, -0.25) is 14.6 Å². The van der Waals surface area contributed by atoms with E-state index in [-0.39, 0.29) is 17.4 Å². The van der Waals surface area contributed by atoms with Gasteiger partial charge >= 0.3 is 6.03 Å². The number of urea groups is 1. The van der Waals surface area contributed by atoms with Crippen LogP contribution in [-0.4, -0.2) is 65.0 Å². The summed E-state index contributed by atoms with van der Waals surface area (Å²) in [6.45, 7) is 11.7. The maximum absolute atomic E-state index is 13.2. The van der Waals surface area contributed by atoms with Gasteiger partial charge in [-0.25, -0.2) is 9.69 Å². The lowest BCUT2D eigenvalue weighted by Gasteiger charge is -2.41. The average molecular weight is 453 g/mol. The molecule has 1 spiro atoms. The first-order valence-electron chi connectivity index (χ1n) is 11.0. The number of nitrogens with one attached hydrogen (secondary N) is 1. The number of halogens is 1. The van der Waals surface area contributed by atoms with E-state index in [4.69, 9.17) is 11.6 Å². The van der Waals surface area contributed by atoms with Gasteiger partial charge in [0.1, 0.15) is 5.54 Å². The van der Waals surface area contributed by atoms with Crippen LogP contribution in [0.5, 0.6) is 0 Å². The monoisotopic (exact) mass is 452 g/mol. The Bertz CT molecular complexity index is 789. The first-order valence-corrected chi connectivity index (χ1v) is 12.2. The summed E-state index contributed by atoms with van der Waals surface area (Å²) in [4.78, 5) is 33.2. The van der Waals surface area contributed by atoms with E-state index in [0.29, 0.717) is 12.6 Å². The van der Waals surface area contributed by atoms with Crippen molar-refractivity contribution in [3.63, 3.8) is 0 Å². The molecule has 8 heteroatoms. The second-order valence-corrected chi connectivity index (χ2v) is 11.9. The van der Waals surface area contributed by atoms with Gasteiger partial charge in [-0.05, 0) is 49.1 Å². The summed E-state index contributed by atoms with van der Waals surface area (Å²) in [6.07, 6.45) is 3.50. The Kier molecular flexibility index (Phi) is 6.19. The molecule has 6 nitrogen and oxygen atoms in total. The molecule has 0 aromatic carbocycles. The van der Waals surface area contributed by atoms with E-state index in [0.717, 1.165) is 62.7 Å². The highest BCUT2D eigenvalue weighted by Crippen LogP contribution is 2.43. The number of nitrogens with zero attached hydrogens (tertiary/aromatic N) is 3. The van der Waals surface area contributed by atoms with Gasteiger partial charge in [0.05, 0.1) is 11.0 Å². The highest BCUT2D eigenvalue weighted by molar-refractivity contribution is 7.16. The Morgan fingerprint density at radius 3 is 2.30 bits per heavy atom. The number of carbonyl (C=O) groups is 2. The molecular formula is C22H33ClN4O2S. The summed E-state index contributed by atoms with van der Waals surface area (Å²) in [5.41, 5.74) is -0.416. The number of piperazine rings is 1. The topological polar surface area (TPSA) is 55.9 Å². The second kappa shape index (κ2) is 8.41. The molecule has 1 saturated carbocycles. The lowest BCUT2D eigenvalue weighted by atomic mass is 9.67. The molecule has 3 aliphatic rings. The minimum absolute atomic E-state index is 0.0180. The molecular weight excluding hydrogens is 420 g/mol. The van der Waals surface area contributed by atoms with Crippen LogP contribution in [0.1, 0.15) is 51.3 Å². The molecule has 0 radical (unpaired) electrons. The van der Waals surface area contributed by atoms with Crippen LogP contribution in [0.2, 0.25) is 4.34 Å². The summed E-state index contributed by atoms with van der Waals surface area (Å²) < 4.78 is 0.827. The van der Waals surface area contributed by atoms with Crippen LogP contribution in [0, 0.1) is 11.3 Å². The molecule has 0 bridgehead atoms. The largest absolute Gasteiger partial charge is 0.326 e. The van der Waals surface area contributed by atoms with Crippen LogP contribution >= 0.6 is 22.9 Å². The molecule has 2 saturated heterocycles. The van der Waals surface area contributed by atoms with Crippen LogP contribution < -0.4 is 5.32 Å². The van der Waals surface area contributed by atoms with Crippen LogP contribution in [0.4, 0.5) is 4.79 Å². The Morgan fingerprint density at radius 2 is 1.73 bits per heavy atom. The van der Waals surface area contributed by atoms with Gasteiger partial charge in [-0.15, -0.1) is 11.3 Å². The molecule has 3 fully saturated rings. The van der Waals surface area contributed by atoms with Crippen molar-refractivity contribution in [2.75, 3.05) is 32.8 Å². The van der Waals surface area contributed by atoms with Gasteiger partial charge in [0.2, 0.25) is 0 Å². The molecule has 4 rings (SSSR count). The van der Waals surface area contributed by atoms with Crippen molar-refractivity contribution >= 4 is 34.9 Å². The highest BCUT2D eigenvalue weighted by Gasteiger charge is 2.53. The lowest BCUT2D eigenvalue weighted by molar-refractivity contribution is -0.134. The molecule has 2 aliphatic heterocycles. The summed E-state index contributed by atoms with van der Waals surface area (Å²) in [6, 6.07) is 3.81. The summed E-state index contributed by atoms with van der Waals surface area (Å²) >= 11 is 7.66. The second-order valence-electron chi connectivity index (χ2n) is 10.1. The first-order chi connectivity index (χ1) is 14.2. The number of amides is 3. The number of hydrogen-bond donors (Lipinski definition) is 1. The summed E-state index contributed by atoms with van der Waals surface area (Å²) in [5, 5.41) is 3.06. The van der Waals surface area contributed by atoms with Gasteiger partial charge in [0.25, 0.3) is 5.91 Å². The third kappa shape index (κ3) is 4.54. The summed E-state index contributed by atoms with van der Waals surface area (Å²) in [7, 11) is 0. The molecule has 0 atom stereocenters. The molecule has 0 unspecified atom stereocenters. The van der Waals surface area contributed by atoms with Gasteiger partial charge in [0, 0.05) is 37.6 Å². The standard InChI is InChI=1S/C22H33ClN4O2S/c1-21(2,3)16-6-8-22(9-7-16)19(28)27(20(29)24-22)15-26-12-10-25(11-13-26)14-17-4-5-18(23)30-17/h4-5,16H,6-15H2,1-3H3,(H,24,29). The number of imide groups is 1. The maximum atomic E-state index is 13.2. The van der Waals surface area contributed by atoms with E-state index < -0.39 is 5.54 Å². The smallest absolute Gasteiger partial charge is 0.323 e. The Balaban J connectivity index is 1.29. The zero-order valence-corrected chi connectivity index (χ0v) is 19.8. The van der Waals surface area contributed by atoms with E-state index in [1.165, 1.54) is 9.78 Å². The Labute approximate surface area is 188 Å². The fourth-order valence-corrected chi connectivity index (χ4v) is 6.20. The van der Waals surface area contributed by atoms with E-state index in [2.05, 4.69) is 42.0 Å². The zero-order valence-electron chi connectivity index (χ0n) is 18.2. The van der Waals surface area contributed by atoms with Crippen molar-refractivity contribution in [3.8, 4) is 0 Å². The zero-order chi connectivity index (χ0) is 21.5. The van der Waals surface area contributed by atoms with Crippen molar-refractivity contribution in [2.24, 2.45) is 11.3 Å². The number of carbonyl (C=O) groups excluding carboxylic acids is 2. The van der Waals surface area contributed by atoms with Crippen molar-refractivity contribution < 1.29 is 9.59 Å². The SMILES string of the molecule is CC(C)(C)C1CCC2(CC1)NC(=O)N(CN1CCN(Cc3ccc(Cl)s3)CC1)C2=O. The predicted octanol–water partition coefficient (Wildman–Crippen LogP) is 4.00. The molecule has 1 aliphatic carbocycles. The van der Waals surface area contributed by atoms with Crippen LogP contribution in [0.3, 0.4) is 0 Å². The van der Waals surface area contributed by atoms with E-state index in [1.54, 1.807) is 11.3 Å². The third-order valence-electron chi connectivity index (χ3n) is 7.12. The van der Waals surface area contributed by atoms with Gasteiger partial charge in [0.15, 0.2) is 0 Å². The molecule has 1 aromatic rings.